The number of nitrogens with zero attached hydrogens (tertiary/aromatic N) is 3. The first-order valence-electron chi connectivity index (χ1n) is 9.76. The molecule has 0 radical (unpaired) electrons. The summed E-state index contributed by atoms with van der Waals surface area (Å²) >= 11 is 0. The molecule has 2 aliphatic heterocycles. The summed E-state index contributed by atoms with van der Waals surface area (Å²) in [6, 6.07) is 4.32. The summed E-state index contributed by atoms with van der Waals surface area (Å²) < 4.78 is 5.05. The number of amides is 4. The van der Waals surface area contributed by atoms with Gasteiger partial charge < -0.3 is 15.0 Å². The van der Waals surface area contributed by atoms with Crippen molar-refractivity contribution in [1.82, 2.24) is 15.5 Å². The topological polar surface area (TPSA) is 112 Å². The average molecular weight is 425 g/mol. The smallest absolute Gasteiger partial charge is 0.322 e. The molecule has 2 N–H and O–H groups in total. The molecule has 1 fully saturated rings. The molecule has 1 aromatic carbocycles. The molecule has 0 spiro atoms. The second-order valence-corrected chi connectivity index (χ2v) is 7.46. The minimum atomic E-state index is -0.783. The number of carbonyl (C=O) groups is 3. The van der Waals surface area contributed by atoms with Crippen LogP contribution in [0.1, 0.15) is 36.7 Å². The maximum Gasteiger partial charge on any atom is 0.322 e. The van der Waals surface area contributed by atoms with E-state index in [4.69, 9.17) is 4.74 Å². The minimum absolute atomic E-state index is 0.0777. The lowest BCUT2D eigenvalue weighted by Gasteiger charge is -2.09. The highest BCUT2D eigenvalue weighted by Crippen LogP contribution is 2.25. The Hall–Kier alpha value is -3.67. The molecule has 1 unspecified atom stereocenters. The van der Waals surface area contributed by atoms with E-state index in [1.54, 1.807) is 31.3 Å². The number of imide groups is 1. The Morgan fingerprint density at radius 3 is 2.68 bits per heavy atom. The second-order valence-electron chi connectivity index (χ2n) is 7.46. The van der Waals surface area contributed by atoms with E-state index in [1.165, 1.54) is 6.34 Å². The third kappa shape index (κ3) is 6.67. The fourth-order valence-corrected chi connectivity index (χ4v) is 2.71. The normalized spacial score (nSPS) is 17.6. The molecule has 0 saturated carbocycles. The van der Waals surface area contributed by atoms with Gasteiger partial charge in [0.1, 0.15) is 12.1 Å². The first-order valence-corrected chi connectivity index (χ1v) is 9.76. The zero-order valence-electron chi connectivity index (χ0n) is 18.4. The molecule has 9 nitrogen and oxygen atoms in total. The van der Waals surface area contributed by atoms with Gasteiger partial charge in [-0.15, -0.1) is 0 Å². The molecule has 1 saturated heterocycles. The minimum Gasteiger partial charge on any atom is -0.497 e. The van der Waals surface area contributed by atoms with Crippen LogP contribution in [-0.4, -0.2) is 62.0 Å². The second kappa shape index (κ2) is 10.4. The average Bonchev–Trinajstić information content (AvgIpc) is 3.21. The number of fused-ring (bicyclic) bond motifs is 1. The standard InChI is InChI=1S/C12H16N4O2.C10H11NO2/c1-4-13-8-14-7-12(2,3)6-5-9-10(17)16-11(18)15-9;1-11-6-7-3-4-8(13-2)5-9(7)10(11)12/h7-9H,4H2,1-3H3,(H2,15,16,17,18);3-5H,6H2,1-2H3. The quantitative estimate of drug-likeness (QED) is 0.330. The van der Waals surface area contributed by atoms with Gasteiger partial charge in [-0.2, -0.15) is 0 Å². The molecule has 0 aliphatic carbocycles. The van der Waals surface area contributed by atoms with Gasteiger partial charge in [0.2, 0.25) is 0 Å². The molecule has 1 aromatic rings. The van der Waals surface area contributed by atoms with E-state index >= 15 is 0 Å². The third-order valence-electron chi connectivity index (χ3n) is 4.34. The van der Waals surface area contributed by atoms with Gasteiger partial charge >= 0.3 is 6.03 Å². The molecule has 0 aromatic heterocycles. The van der Waals surface area contributed by atoms with Gasteiger partial charge in [0.15, 0.2) is 6.04 Å². The summed E-state index contributed by atoms with van der Waals surface area (Å²) in [4.78, 5) is 43.3. The van der Waals surface area contributed by atoms with Crippen LogP contribution < -0.4 is 15.4 Å². The Labute approximate surface area is 182 Å². The lowest BCUT2D eigenvalue weighted by atomic mass is 9.96. The van der Waals surface area contributed by atoms with Crippen LogP contribution in [0.25, 0.3) is 0 Å². The predicted molar refractivity (Wildman–Crippen MR) is 118 cm³/mol. The molecule has 4 amide bonds. The molecular formula is C22H27N5O4. The van der Waals surface area contributed by atoms with Crippen molar-refractivity contribution in [3.8, 4) is 17.6 Å². The Bertz CT molecular complexity index is 972. The van der Waals surface area contributed by atoms with Crippen LogP contribution >= 0.6 is 0 Å². The van der Waals surface area contributed by atoms with E-state index in [0.29, 0.717) is 13.1 Å². The van der Waals surface area contributed by atoms with Crippen LogP contribution in [0, 0.1) is 17.3 Å². The van der Waals surface area contributed by atoms with Gasteiger partial charge in [0.25, 0.3) is 11.8 Å². The molecule has 9 heteroatoms. The van der Waals surface area contributed by atoms with E-state index in [0.717, 1.165) is 16.9 Å². The highest BCUT2D eigenvalue weighted by Gasteiger charge is 2.28. The number of urea groups is 1. The van der Waals surface area contributed by atoms with Gasteiger partial charge in [-0.05, 0) is 38.5 Å². The van der Waals surface area contributed by atoms with Crippen LogP contribution in [-0.2, 0) is 11.3 Å². The van der Waals surface area contributed by atoms with Crippen LogP contribution in [0.3, 0.4) is 0 Å². The van der Waals surface area contributed by atoms with Crippen molar-refractivity contribution in [2.75, 3.05) is 20.7 Å². The number of nitrogens with one attached hydrogen (secondary N) is 2. The summed E-state index contributed by atoms with van der Waals surface area (Å²) in [6.45, 7) is 7.02. The zero-order valence-corrected chi connectivity index (χ0v) is 18.4. The van der Waals surface area contributed by atoms with E-state index in [9.17, 15) is 14.4 Å². The van der Waals surface area contributed by atoms with Crippen molar-refractivity contribution < 1.29 is 19.1 Å². The maximum atomic E-state index is 11.5. The lowest BCUT2D eigenvalue weighted by Crippen LogP contribution is -2.27. The number of rotatable bonds is 4. The lowest BCUT2D eigenvalue weighted by molar-refractivity contribution is -0.119. The highest BCUT2D eigenvalue weighted by atomic mass is 16.5. The van der Waals surface area contributed by atoms with Gasteiger partial charge in [0.05, 0.1) is 12.5 Å². The molecule has 0 bridgehead atoms. The van der Waals surface area contributed by atoms with Gasteiger partial charge in [0, 0.05) is 31.9 Å². The molecule has 1 atom stereocenters. The SMILES string of the molecule is CCN=CN=CC(C)(C)C#CC1NC(=O)NC1=O.COc1ccc2c(c1)C(=O)N(C)C2. The molecule has 31 heavy (non-hydrogen) atoms. The van der Waals surface area contributed by atoms with Crippen molar-refractivity contribution in [3.63, 3.8) is 0 Å². The number of aliphatic imine (C=N–C) groups is 2. The van der Waals surface area contributed by atoms with E-state index < -0.39 is 23.4 Å². The van der Waals surface area contributed by atoms with Crippen molar-refractivity contribution in [2.24, 2.45) is 15.4 Å². The molecule has 2 aliphatic rings. The van der Waals surface area contributed by atoms with Gasteiger partial charge in [-0.1, -0.05) is 17.9 Å². The monoisotopic (exact) mass is 425 g/mol. The number of hydrogen-bond acceptors (Lipinski definition) is 5. The Morgan fingerprint density at radius 2 is 2.06 bits per heavy atom. The first-order chi connectivity index (χ1) is 14.7. The van der Waals surface area contributed by atoms with Crippen LogP contribution in [0.5, 0.6) is 5.75 Å². The fraction of sp³-hybridized carbons (Fsp3) is 0.409. The maximum absolute atomic E-state index is 11.5. The predicted octanol–water partition coefficient (Wildman–Crippen LogP) is 1.62. The Morgan fingerprint density at radius 1 is 1.32 bits per heavy atom. The number of benzene rings is 1. The van der Waals surface area contributed by atoms with Gasteiger partial charge in [-0.3, -0.25) is 19.9 Å². The van der Waals surface area contributed by atoms with Crippen molar-refractivity contribution in [1.29, 1.82) is 0 Å². The summed E-state index contributed by atoms with van der Waals surface area (Å²) in [7, 11) is 3.40. The fourth-order valence-electron chi connectivity index (χ4n) is 2.71. The number of methoxy groups -OCH3 is 1. The van der Waals surface area contributed by atoms with Gasteiger partial charge in [-0.25, -0.2) is 9.79 Å². The Kier molecular flexibility index (Phi) is 7.91. The van der Waals surface area contributed by atoms with Crippen LogP contribution in [0.4, 0.5) is 4.79 Å². The molecular weight excluding hydrogens is 398 g/mol. The molecule has 3 rings (SSSR count). The number of ether oxygens (including phenoxy) is 1. The highest BCUT2D eigenvalue weighted by molar-refractivity contribution is 6.05. The van der Waals surface area contributed by atoms with E-state index in [1.807, 2.05) is 32.9 Å². The first kappa shape index (κ1) is 23.6. The summed E-state index contributed by atoms with van der Waals surface area (Å²) in [5.41, 5.74) is 1.35. The largest absolute Gasteiger partial charge is 0.497 e. The summed E-state index contributed by atoms with van der Waals surface area (Å²) in [6.07, 6.45) is 3.11. The van der Waals surface area contributed by atoms with E-state index in [2.05, 4.69) is 32.5 Å². The zero-order chi connectivity index (χ0) is 23.0. The van der Waals surface area contributed by atoms with Crippen molar-refractivity contribution >= 4 is 30.4 Å². The van der Waals surface area contributed by atoms with E-state index in [-0.39, 0.29) is 5.91 Å². The summed E-state index contributed by atoms with van der Waals surface area (Å²) in [5, 5.41) is 4.53. The number of hydrogen-bond donors (Lipinski definition) is 2. The number of carbonyl (C=O) groups excluding carboxylic acids is 3. The van der Waals surface area contributed by atoms with Crippen LogP contribution in [0.2, 0.25) is 0 Å². The molecule has 2 heterocycles. The van der Waals surface area contributed by atoms with Crippen LogP contribution in [0.15, 0.2) is 28.2 Å². The van der Waals surface area contributed by atoms with Crippen molar-refractivity contribution in [2.45, 2.75) is 33.4 Å². The Balaban J connectivity index is 0.000000231. The third-order valence-corrected chi connectivity index (χ3v) is 4.34. The van der Waals surface area contributed by atoms with Crippen molar-refractivity contribution in [3.05, 3.63) is 29.3 Å². The summed E-state index contributed by atoms with van der Waals surface area (Å²) in [5.74, 6) is 6.00. The molecule has 164 valence electrons.